The lowest BCUT2D eigenvalue weighted by Crippen LogP contribution is -2.32. The number of amides is 1. The van der Waals surface area contributed by atoms with Crippen LogP contribution in [0.5, 0.6) is 0 Å². The van der Waals surface area contributed by atoms with Crippen molar-refractivity contribution in [1.29, 1.82) is 0 Å². The van der Waals surface area contributed by atoms with Crippen molar-refractivity contribution in [2.24, 2.45) is 11.3 Å². The maximum atomic E-state index is 14.6. The van der Waals surface area contributed by atoms with E-state index in [2.05, 4.69) is 29.2 Å². The van der Waals surface area contributed by atoms with Gasteiger partial charge in [0.2, 0.25) is 5.91 Å². The van der Waals surface area contributed by atoms with Crippen molar-refractivity contribution in [3.8, 4) is 11.3 Å². The average molecular weight is 425 g/mol. The number of H-pyrrole nitrogens is 1. The van der Waals surface area contributed by atoms with E-state index in [-0.39, 0.29) is 29.1 Å². The smallest absolute Gasteiger partial charge is 0.251 e. The maximum Gasteiger partial charge on any atom is 0.251 e. The molecule has 6 nitrogen and oxygen atoms in total. The number of rotatable bonds is 6. The minimum Gasteiger partial charge on any atom is -0.356 e. The van der Waals surface area contributed by atoms with Crippen LogP contribution in [0.4, 0.5) is 4.39 Å². The summed E-state index contributed by atoms with van der Waals surface area (Å²) in [6.45, 7) is 9.38. The molecule has 2 atom stereocenters. The molecule has 1 amide bonds. The minimum absolute atomic E-state index is 0.0487. The van der Waals surface area contributed by atoms with E-state index in [4.69, 9.17) is 0 Å². The minimum atomic E-state index is -0.466. The fourth-order valence-electron chi connectivity index (χ4n) is 4.65. The van der Waals surface area contributed by atoms with E-state index in [0.717, 1.165) is 6.42 Å². The number of benzene rings is 1. The van der Waals surface area contributed by atoms with Crippen LogP contribution in [0, 0.1) is 17.2 Å². The highest BCUT2D eigenvalue weighted by molar-refractivity contribution is 5.85. The van der Waals surface area contributed by atoms with Gasteiger partial charge in [0, 0.05) is 35.3 Å². The summed E-state index contributed by atoms with van der Waals surface area (Å²) in [6, 6.07) is 6.94. The van der Waals surface area contributed by atoms with Gasteiger partial charge < -0.3 is 10.3 Å². The van der Waals surface area contributed by atoms with Crippen LogP contribution in [0.1, 0.15) is 52.0 Å². The quantitative estimate of drug-likeness (QED) is 0.622. The predicted molar refractivity (Wildman–Crippen MR) is 119 cm³/mol. The monoisotopic (exact) mass is 424 g/mol. The molecule has 0 aliphatic carbocycles. The van der Waals surface area contributed by atoms with Crippen LogP contribution in [0.25, 0.3) is 22.2 Å². The van der Waals surface area contributed by atoms with Crippen LogP contribution in [0.15, 0.2) is 35.3 Å². The Bertz CT molecular complexity index is 1200. The summed E-state index contributed by atoms with van der Waals surface area (Å²) in [5, 5.41) is 7.59. The van der Waals surface area contributed by atoms with Crippen LogP contribution < -0.4 is 10.9 Å². The summed E-state index contributed by atoms with van der Waals surface area (Å²) in [4.78, 5) is 28.4. The Labute approximate surface area is 180 Å². The van der Waals surface area contributed by atoms with Gasteiger partial charge in [0.1, 0.15) is 5.82 Å². The van der Waals surface area contributed by atoms with Gasteiger partial charge in [-0.1, -0.05) is 26.8 Å². The third kappa shape index (κ3) is 3.77. The topological polar surface area (TPSA) is 79.8 Å². The molecule has 31 heavy (non-hydrogen) atoms. The predicted octanol–water partition coefficient (Wildman–Crippen LogP) is 4.21. The number of fused-ring (bicyclic) bond motifs is 1. The standard InChI is InChI=1S/C24H29FN4O2/c1-5-29-21-11-15(10-19(25)18(21)13-27-29)20-7-6-16(22(30)28-20)17(14(2)3)12-24(4)8-9-26-23(24)31/h6-7,10-11,13-14,17H,5,8-9,12H2,1-4H3,(H,26,31)(H,28,30). The number of carbonyl (C=O) groups excluding carboxylic acids is 1. The van der Waals surface area contributed by atoms with Crippen LogP contribution in [-0.2, 0) is 11.3 Å². The van der Waals surface area contributed by atoms with Crippen LogP contribution >= 0.6 is 0 Å². The molecule has 3 heterocycles. The third-order valence-electron chi connectivity index (χ3n) is 6.65. The highest BCUT2D eigenvalue weighted by Crippen LogP contribution is 2.40. The molecule has 0 saturated carbocycles. The number of halogens is 1. The van der Waals surface area contributed by atoms with E-state index < -0.39 is 5.41 Å². The zero-order valence-electron chi connectivity index (χ0n) is 18.5. The third-order valence-corrected chi connectivity index (χ3v) is 6.65. The fraction of sp³-hybridized carbons (Fsp3) is 0.458. The van der Waals surface area contributed by atoms with Gasteiger partial charge in [-0.3, -0.25) is 14.3 Å². The molecular weight excluding hydrogens is 395 g/mol. The maximum absolute atomic E-state index is 14.6. The lowest BCUT2D eigenvalue weighted by molar-refractivity contribution is -0.127. The molecule has 1 aliphatic rings. The second-order valence-electron chi connectivity index (χ2n) is 9.13. The first-order chi connectivity index (χ1) is 14.7. The van der Waals surface area contributed by atoms with Gasteiger partial charge in [-0.25, -0.2) is 4.39 Å². The van der Waals surface area contributed by atoms with Gasteiger partial charge in [0.15, 0.2) is 0 Å². The number of hydrogen-bond acceptors (Lipinski definition) is 3. The fourth-order valence-corrected chi connectivity index (χ4v) is 4.65. The Balaban J connectivity index is 1.71. The van der Waals surface area contributed by atoms with Crippen molar-refractivity contribution in [3.05, 3.63) is 52.2 Å². The lowest BCUT2D eigenvalue weighted by atomic mass is 9.73. The second kappa shape index (κ2) is 7.94. The largest absolute Gasteiger partial charge is 0.356 e. The first kappa shape index (κ1) is 21.3. The summed E-state index contributed by atoms with van der Waals surface area (Å²) < 4.78 is 16.4. The zero-order chi connectivity index (χ0) is 22.3. The Hall–Kier alpha value is -2.96. The molecule has 1 aromatic carbocycles. The summed E-state index contributed by atoms with van der Waals surface area (Å²) in [6.07, 6.45) is 2.92. The lowest BCUT2D eigenvalue weighted by Gasteiger charge is -2.29. The first-order valence-corrected chi connectivity index (χ1v) is 10.9. The molecule has 2 N–H and O–H groups in total. The second-order valence-corrected chi connectivity index (χ2v) is 9.13. The summed E-state index contributed by atoms with van der Waals surface area (Å²) in [7, 11) is 0. The molecule has 2 unspecified atom stereocenters. The number of aromatic amines is 1. The molecule has 1 fully saturated rings. The molecule has 2 aromatic heterocycles. The molecule has 0 radical (unpaired) electrons. The van der Waals surface area contributed by atoms with Gasteiger partial charge in [-0.05, 0) is 49.8 Å². The number of carbonyl (C=O) groups is 1. The Morgan fingerprint density at radius 3 is 2.65 bits per heavy atom. The van der Waals surface area contributed by atoms with E-state index in [0.29, 0.717) is 47.2 Å². The van der Waals surface area contributed by atoms with Crippen LogP contribution in [0.2, 0.25) is 0 Å². The van der Waals surface area contributed by atoms with E-state index in [1.165, 1.54) is 12.3 Å². The Morgan fingerprint density at radius 2 is 2.03 bits per heavy atom. The number of hydrogen-bond donors (Lipinski definition) is 2. The highest BCUT2D eigenvalue weighted by atomic mass is 19.1. The van der Waals surface area contributed by atoms with E-state index >= 15 is 0 Å². The van der Waals surface area contributed by atoms with Crippen molar-refractivity contribution in [2.45, 2.75) is 53.0 Å². The highest BCUT2D eigenvalue weighted by Gasteiger charge is 2.40. The van der Waals surface area contributed by atoms with Gasteiger partial charge in [0.25, 0.3) is 5.56 Å². The Kier molecular flexibility index (Phi) is 5.45. The molecule has 3 aromatic rings. The molecule has 164 valence electrons. The molecule has 0 spiro atoms. The number of nitrogens with zero attached hydrogens (tertiary/aromatic N) is 2. The Morgan fingerprint density at radius 1 is 1.26 bits per heavy atom. The van der Waals surface area contributed by atoms with Crippen molar-refractivity contribution >= 4 is 16.8 Å². The van der Waals surface area contributed by atoms with E-state index in [1.807, 2.05) is 32.0 Å². The van der Waals surface area contributed by atoms with Gasteiger partial charge in [-0.2, -0.15) is 5.10 Å². The first-order valence-electron chi connectivity index (χ1n) is 10.9. The summed E-state index contributed by atoms with van der Waals surface area (Å²) in [5.41, 5.74) is 1.87. The van der Waals surface area contributed by atoms with Crippen LogP contribution in [-0.4, -0.2) is 27.2 Å². The molecule has 0 bridgehead atoms. The molecule has 1 saturated heterocycles. The van der Waals surface area contributed by atoms with E-state index in [9.17, 15) is 14.0 Å². The summed E-state index contributed by atoms with van der Waals surface area (Å²) >= 11 is 0. The molecule has 7 heteroatoms. The van der Waals surface area contributed by atoms with Crippen molar-refractivity contribution < 1.29 is 9.18 Å². The van der Waals surface area contributed by atoms with Gasteiger partial charge in [-0.15, -0.1) is 0 Å². The number of pyridine rings is 1. The molecule has 1 aliphatic heterocycles. The molecule has 4 rings (SSSR count). The van der Waals surface area contributed by atoms with Crippen LogP contribution in [0.3, 0.4) is 0 Å². The number of nitrogens with one attached hydrogen (secondary N) is 2. The zero-order valence-corrected chi connectivity index (χ0v) is 18.5. The van der Waals surface area contributed by atoms with Crippen molar-refractivity contribution in [2.75, 3.05) is 6.54 Å². The van der Waals surface area contributed by atoms with Crippen molar-refractivity contribution in [1.82, 2.24) is 20.1 Å². The number of aryl methyl sites for hydroxylation is 1. The van der Waals surface area contributed by atoms with Gasteiger partial charge in [0.05, 0.1) is 17.1 Å². The number of aromatic nitrogens is 3. The average Bonchev–Trinajstić information content (AvgIpc) is 3.29. The van der Waals surface area contributed by atoms with Gasteiger partial charge >= 0.3 is 0 Å². The van der Waals surface area contributed by atoms with E-state index in [1.54, 1.807) is 4.68 Å². The van der Waals surface area contributed by atoms with Crippen molar-refractivity contribution in [3.63, 3.8) is 0 Å². The SMILES string of the molecule is CCn1ncc2c(F)cc(-c3ccc(C(CC4(C)CCNC4=O)C(C)C)c(=O)[nH]3)cc21. The normalized spacial score (nSPS) is 19.9. The summed E-state index contributed by atoms with van der Waals surface area (Å²) in [5.74, 6) is -0.155. The molecular formula is C24H29FN4O2.